The van der Waals surface area contributed by atoms with Crippen molar-refractivity contribution < 1.29 is 14.4 Å². The highest BCUT2D eigenvalue weighted by Gasteiger charge is 2.28. The molecule has 1 aliphatic heterocycles. The molecule has 2 aliphatic rings. The first-order valence-corrected chi connectivity index (χ1v) is 9.08. The zero-order valence-electron chi connectivity index (χ0n) is 15.3. The van der Waals surface area contributed by atoms with Crippen LogP contribution in [0.3, 0.4) is 0 Å². The molecule has 3 amide bonds. The second kappa shape index (κ2) is 6.91. The number of nitrogens with one attached hydrogen (secondary N) is 2. The Hall–Kier alpha value is -3.49. The Balaban J connectivity index is 1.43. The van der Waals surface area contributed by atoms with Gasteiger partial charge in [0.15, 0.2) is 5.82 Å². The molecular formula is C19H20N6O3. The summed E-state index contributed by atoms with van der Waals surface area (Å²) in [5.74, 6) is -0.555. The number of aromatic nitrogens is 2. The second-order valence-corrected chi connectivity index (χ2v) is 7.08. The number of hydrazone groups is 1. The van der Waals surface area contributed by atoms with E-state index in [1.165, 1.54) is 0 Å². The normalized spacial score (nSPS) is 17.4. The molecule has 1 saturated carbocycles. The first kappa shape index (κ1) is 17.9. The van der Waals surface area contributed by atoms with Gasteiger partial charge in [-0.3, -0.25) is 19.5 Å². The van der Waals surface area contributed by atoms with Crippen LogP contribution in [0.25, 0.3) is 0 Å². The molecule has 9 heteroatoms. The van der Waals surface area contributed by atoms with Crippen molar-refractivity contribution in [3.05, 3.63) is 41.6 Å². The fourth-order valence-corrected chi connectivity index (χ4v) is 3.06. The number of H-pyrrole nitrogens is 1. The molecular weight excluding hydrogens is 360 g/mol. The van der Waals surface area contributed by atoms with Gasteiger partial charge in [0.05, 0.1) is 18.0 Å². The summed E-state index contributed by atoms with van der Waals surface area (Å²) < 4.78 is 0. The van der Waals surface area contributed by atoms with Gasteiger partial charge in [0, 0.05) is 17.7 Å². The lowest BCUT2D eigenvalue weighted by molar-refractivity contribution is -0.118. The van der Waals surface area contributed by atoms with Crippen molar-refractivity contribution in [2.45, 2.75) is 38.0 Å². The van der Waals surface area contributed by atoms with Crippen molar-refractivity contribution in [2.75, 3.05) is 10.3 Å². The van der Waals surface area contributed by atoms with E-state index in [0.29, 0.717) is 17.4 Å². The molecule has 144 valence electrons. The predicted molar refractivity (Wildman–Crippen MR) is 103 cm³/mol. The fraction of sp³-hybridized carbons (Fsp3) is 0.316. The van der Waals surface area contributed by atoms with Crippen molar-refractivity contribution in [1.29, 1.82) is 0 Å². The summed E-state index contributed by atoms with van der Waals surface area (Å²) in [7, 11) is 0. The van der Waals surface area contributed by atoms with Crippen molar-refractivity contribution in [1.82, 2.24) is 10.2 Å². The molecule has 0 bridgehead atoms. The van der Waals surface area contributed by atoms with Gasteiger partial charge in [-0.1, -0.05) is 12.1 Å². The van der Waals surface area contributed by atoms with Crippen LogP contribution in [0, 0.1) is 0 Å². The van der Waals surface area contributed by atoms with Gasteiger partial charge in [-0.05, 0) is 37.5 Å². The lowest BCUT2D eigenvalue weighted by Crippen LogP contribution is -2.22. The monoisotopic (exact) mass is 380 g/mol. The summed E-state index contributed by atoms with van der Waals surface area (Å²) in [4.78, 5) is 35.7. The van der Waals surface area contributed by atoms with Crippen molar-refractivity contribution >= 4 is 34.9 Å². The van der Waals surface area contributed by atoms with Crippen LogP contribution in [-0.2, 0) is 14.4 Å². The molecule has 0 radical (unpaired) electrons. The van der Waals surface area contributed by atoms with Crippen molar-refractivity contribution in [3.8, 4) is 0 Å². The van der Waals surface area contributed by atoms with E-state index in [-0.39, 0.29) is 23.9 Å². The number of hydrogen-bond donors (Lipinski definition) is 3. The maximum Gasteiger partial charge on any atom is 0.265 e. The minimum atomic E-state index is -0.707. The van der Waals surface area contributed by atoms with Crippen LogP contribution >= 0.6 is 0 Å². The van der Waals surface area contributed by atoms with Gasteiger partial charge in [0.1, 0.15) is 5.71 Å². The summed E-state index contributed by atoms with van der Waals surface area (Å²) in [6, 6.07) is 8.75. The largest absolute Gasteiger partial charge is 0.364 e. The number of carbonyl (C=O) groups excluding carboxylic acids is 3. The summed E-state index contributed by atoms with van der Waals surface area (Å²) in [6.45, 7) is 1.79. The average molecular weight is 380 g/mol. The van der Waals surface area contributed by atoms with Crippen LogP contribution < -0.4 is 16.1 Å². The highest BCUT2D eigenvalue weighted by molar-refractivity contribution is 6.44. The molecule has 28 heavy (non-hydrogen) atoms. The molecule has 1 unspecified atom stereocenters. The molecule has 1 atom stereocenters. The van der Waals surface area contributed by atoms with Crippen LogP contribution in [0.15, 0.2) is 35.4 Å². The van der Waals surface area contributed by atoms with E-state index in [1.54, 1.807) is 31.2 Å². The van der Waals surface area contributed by atoms with Crippen molar-refractivity contribution in [3.63, 3.8) is 0 Å². The summed E-state index contributed by atoms with van der Waals surface area (Å²) in [5, 5.41) is 15.0. The average Bonchev–Trinajstić information content (AvgIpc) is 3.30. The lowest BCUT2D eigenvalue weighted by Gasteiger charge is -2.15. The van der Waals surface area contributed by atoms with E-state index < -0.39 is 11.8 Å². The molecule has 1 fully saturated rings. The number of rotatable bonds is 6. The predicted octanol–water partition coefficient (Wildman–Crippen LogP) is 1.61. The zero-order valence-corrected chi connectivity index (χ0v) is 15.3. The summed E-state index contributed by atoms with van der Waals surface area (Å²) in [5.41, 5.74) is 7.56. The number of hydrogen-bond acceptors (Lipinski definition) is 5. The topological polar surface area (TPSA) is 134 Å². The molecule has 1 aromatic carbocycles. The Kier molecular flexibility index (Phi) is 4.42. The maximum absolute atomic E-state index is 12.5. The van der Waals surface area contributed by atoms with E-state index in [4.69, 9.17) is 5.73 Å². The zero-order chi connectivity index (χ0) is 19.8. The van der Waals surface area contributed by atoms with Gasteiger partial charge in [-0.15, -0.1) is 0 Å². The van der Waals surface area contributed by atoms with Crippen LogP contribution in [0.5, 0.6) is 0 Å². The number of nitrogens with two attached hydrogens (primary N) is 1. The van der Waals surface area contributed by atoms with Gasteiger partial charge in [-0.2, -0.15) is 15.2 Å². The second-order valence-electron chi connectivity index (χ2n) is 7.08. The number of primary amides is 1. The molecule has 1 aliphatic carbocycles. The quantitative estimate of drug-likeness (QED) is 0.702. The van der Waals surface area contributed by atoms with Crippen LogP contribution in [0.2, 0.25) is 0 Å². The standard InChI is InChI=1S/C19H20N6O3/c1-10(19(28)21-16-8-14(22-23-16)12-2-3-12)11-4-6-13(7-5-11)25-17(26)9-15(24-25)18(20)27/h4-8,10,12H,2-3,9H2,1H3,(H2,20,27)(H2,21,22,23,28). The highest BCUT2D eigenvalue weighted by atomic mass is 16.2. The number of benzene rings is 1. The third-order valence-electron chi connectivity index (χ3n) is 4.96. The Bertz CT molecular complexity index is 974. The fourth-order valence-electron chi connectivity index (χ4n) is 3.06. The van der Waals surface area contributed by atoms with E-state index in [2.05, 4.69) is 20.6 Å². The number of amides is 3. The molecule has 0 saturated heterocycles. The van der Waals surface area contributed by atoms with E-state index in [9.17, 15) is 14.4 Å². The molecule has 4 rings (SSSR count). The Morgan fingerprint density at radius 2 is 2.00 bits per heavy atom. The van der Waals surface area contributed by atoms with Gasteiger partial charge >= 0.3 is 0 Å². The number of nitrogens with zero attached hydrogens (tertiary/aromatic N) is 3. The van der Waals surface area contributed by atoms with Crippen LogP contribution in [-0.4, -0.2) is 33.6 Å². The van der Waals surface area contributed by atoms with Crippen LogP contribution in [0.4, 0.5) is 11.5 Å². The minimum Gasteiger partial charge on any atom is -0.364 e. The number of carbonyl (C=O) groups is 3. The molecule has 4 N–H and O–H groups in total. The van der Waals surface area contributed by atoms with Gasteiger partial charge in [-0.25, -0.2) is 0 Å². The maximum atomic E-state index is 12.5. The Morgan fingerprint density at radius 3 is 2.61 bits per heavy atom. The van der Waals surface area contributed by atoms with E-state index >= 15 is 0 Å². The number of aromatic amines is 1. The molecule has 2 aromatic rings. The Labute approximate surface area is 161 Å². The van der Waals surface area contributed by atoms with Gasteiger partial charge in [0.2, 0.25) is 5.91 Å². The summed E-state index contributed by atoms with van der Waals surface area (Å²) in [6.07, 6.45) is 2.20. The number of anilines is 2. The third-order valence-corrected chi connectivity index (χ3v) is 4.96. The first-order valence-electron chi connectivity index (χ1n) is 9.08. The highest BCUT2D eigenvalue weighted by Crippen LogP contribution is 2.39. The van der Waals surface area contributed by atoms with Crippen molar-refractivity contribution in [2.24, 2.45) is 10.8 Å². The first-order chi connectivity index (χ1) is 13.4. The molecule has 2 heterocycles. The van der Waals surface area contributed by atoms with E-state index in [0.717, 1.165) is 29.1 Å². The van der Waals surface area contributed by atoms with E-state index in [1.807, 2.05) is 6.07 Å². The van der Waals surface area contributed by atoms with Crippen LogP contribution in [0.1, 0.15) is 49.3 Å². The van der Waals surface area contributed by atoms with Gasteiger partial charge in [0.25, 0.3) is 11.8 Å². The lowest BCUT2D eigenvalue weighted by atomic mass is 10.00. The Morgan fingerprint density at radius 1 is 1.29 bits per heavy atom. The molecule has 0 spiro atoms. The van der Waals surface area contributed by atoms with Gasteiger partial charge < -0.3 is 11.1 Å². The summed E-state index contributed by atoms with van der Waals surface area (Å²) >= 11 is 0. The molecule has 9 nitrogen and oxygen atoms in total. The SMILES string of the molecule is CC(C(=O)Nc1cc(C2CC2)[nH]n1)c1ccc(N2N=C(C(N)=O)CC2=O)cc1. The minimum absolute atomic E-state index is 0.0337. The third kappa shape index (κ3) is 3.51. The molecule has 1 aromatic heterocycles. The smallest absolute Gasteiger partial charge is 0.265 e.